The van der Waals surface area contributed by atoms with E-state index in [-0.39, 0.29) is 24.0 Å². The maximum Gasteiger partial charge on any atom is 0.256 e. The van der Waals surface area contributed by atoms with E-state index in [1.54, 1.807) is 29.3 Å². The first-order valence-corrected chi connectivity index (χ1v) is 8.58. The fourth-order valence-corrected chi connectivity index (χ4v) is 2.72. The lowest BCUT2D eigenvalue weighted by Crippen LogP contribution is -2.49. The van der Waals surface area contributed by atoms with Crippen LogP contribution in [0.25, 0.3) is 0 Å². The lowest BCUT2D eigenvalue weighted by molar-refractivity contribution is 0.0745. The quantitative estimate of drug-likeness (QED) is 0.771. The van der Waals surface area contributed by atoms with E-state index in [0.717, 1.165) is 6.42 Å². The van der Waals surface area contributed by atoms with Crippen molar-refractivity contribution < 1.29 is 9.53 Å². The number of amides is 1. The Morgan fingerprint density at radius 2 is 2.00 bits per heavy atom. The molecule has 1 aliphatic rings. The van der Waals surface area contributed by atoms with E-state index in [0.29, 0.717) is 50.2 Å². The third-order valence-electron chi connectivity index (χ3n) is 4.07. The number of carbonyl (C=O) groups excluding carboxylic acids is 1. The molecular weight excluding hydrogens is 368 g/mol. The van der Waals surface area contributed by atoms with Gasteiger partial charge in [-0.1, -0.05) is 6.92 Å². The summed E-state index contributed by atoms with van der Waals surface area (Å²) in [6.07, 6.45) is 4.11. The van der Waals surface area contributed by atoms with Crippen molar-refractivity contribution in [1.82, 2.24) is 19.9 Å². The summed E-state index contributed by atoms with van der Waals surface area (Å²) in [7, 11) is 0. The van der Waals surface area contributed by atoms with Gasteiger partial charge in [0.25, 0.3) is 5.91 Å². The molecule has 0 aliphatic carbocycles. The van der Waals surface area contributed by atoms with Gasteiger partial charge in [-0.25, -0.2) is 9.97 Å². The van der Waals surface area contributed by atoms with Gasteiger partial charge in [0.2, 0.25) is 11.8 Å². The molecule has 1 aliphatic heterocycles. The Morgan fingerprint density at radius 1 is 1.22 bits per heavy atom. The number of rotatable bonds is 5. The zero-order valence-corrected chi connectivity index (χ0v) is 15.9. The molecule has 1 amide bonds. The van der Waals surface area contributed by atoms with Crippen LogP contribution in [0.15, 0.2) is 30.6 Å². The molecular formula is C18H21ClN6O2. The fourth-order valence-electron chi connectivity index (χ4n) is 2.72. The Labute approximate surface area is 164 Å². The van der Waals surface area contributed by atoms with Crippen LogP contribution in [-0.2, 0) is 0 Å². The summed E-state index contributed by atoms with van der Waals surface area (Å²) < 4.78 is 5.55. The number of anilines is 1. The number of halogens is 1. The van der Waals surface area contributed by atoms with E-state index in [4.69, 9.17) is 10.00 Å². The fraction of sp³-hybridized carbons (Fsp3) is 0.389. The van der Waals surface area contributed by atoms with Gasteiger partial charge in [-0.3, -0.25) is 4.79 Å². The predicted octanol–water partition coefficient (Wildman–Crippen LogP) is 1.92. The monoisotopic (exact) mass is 388 g/mol. The molecule has 3 rings (SSSR count). The molecule has 2 aromatic rings. The standard InChI is InChI=1S/C18H20N6O2.ClH/c1-2-12-26-16-5-7-21-18(22-16)24-10-8-23(9-11-24)17(25)14-4-3-6-20-15(14)13-19;/h3-7H,2,8-12H2,1H3;1H. The Morgan fingerprint density at radius 3 is 2.70 bits per heavy atom. The van der Waals surface area contributed by atoms with Crippen molar-refractivity contribution in [3.63, 3.8) is 0 Å². The zero-order valence-electron chi connectivity index (χ0n) is 15.0. The van der Waals surface area contributed by atoms with Crippen molar-refractivity contribution in [3.05, 3.63) is 41.9 Å². The van der Waals surface area contributed by atoms with Crippen LogP contribution in [0.3, 0.4) is 0 Å². The van der Waals surface area contributed by atoms with Crippen LogP contribution in [0, 0.1) is 11.3 Å². The van der Waals surface area contributed by atoms with Crippen molar-refractivity contribution >= 4 is 24.3 Å². The molecule has 0 saturated carbocycles. The number of hydrogen-bond acceptors (Lipinski definition) is 7. The second-order valence-electron chi connectivity index (χ2n) is 5.83. The molecule has 0 unspecified atom stereocenters. The van der Waals surface area contributed by atoms with E-state index in [1.807, 2.05) is 17.9 Å². The maximum absolute atomic E-state index is 12.7. The number of carbonyl (C=O) groups is 1. The first kappa shape index (κ1) is 20.4. The summed E-state index contributed by atoms with van der Waals surface area (Å²) in [5, 5.41) is 9.12. The second kappa shape index (κ2) is 9.69. The Kier molecular flexibility index (Phi) is 7.32. The summed E-state index contributed by atoms with van der Waals surface area (Å²) >= 11 is 0. The number of ether oxygens (including phenoxy) is 1. The third-order valence-corrected chi connectivity index (χ3v) is 4.07. The van der Waals surface area contributed by atoms with Crippen LogP contribution in [0.1, 0.15) is 29.4 Å². The average molecular weight is 389 g/mol. The SMILES string of the molecule is CCCOc1ccnc(N2CCN(C(=O)c3cccnc3C#N)CC2)n1.Cl. The number of piperazine rings is 1. The summed E-state index contributed by atoms with van der Waals surface area (Å²) in [4.78, 5) is 29.1. The van der Waals surface area contributed by atoms with Crippen LogP contribution in [-0.4, -0.2) is 58.5 Å². The van der Waals surface area contributed by atoms with Gasteiger partial charge >= 0.3 is 0 Å². The lowest BCUT2D eigenvalue weighted by atomic mass is 10.1. The Bertz CT molecular complexity index is 817. The molecule has 3 heterocycles. The molecule has 27 heavy (non-hydrogen) atoms. The van der Waals surface area contributed by atoms with Crippen molar-refractivity contribution in [2.24, 2.45) is 0 Å². The van der Waals surface area contributed by atoms with Crippen molar-refractivity contribution in [3.8, 4) is 11.9 Å². The largest absolute Gasteiger partial charge is 0.478 e. The molecule has 0 N–H and O–H groups in total. The number of hydrogen-bond donors (Lipinski definition) is 0. The van der Waals surface area contributed by atoms with Crippen LogP contribution in [0.4, 0.5) is 5.95 Å². The molecule has 1 fully saturated rings. The van der Waals surface area contributed by atoms with Crippen LogP contribution in [0.5, 0.6) is 5.88 Å². The molecule has 9 heteroatoms. The minimum Gasteiger partial charge on any atom is -0.478 e. The molecule has 0 radical (unpaired) electrons. The van der Waals surface area contributed by atoms with E-state index in [2.05, 4.69) is 15.0 Å². The molecule has 1 saturated heterocycles. The van der Waals surface area contributed by atoms with Crippen LogP contribution < -0.4 is 9.64 Å². The normalized spacial score (nSPS) is 13.5. The first-order valence-electron chi connectivity index (χ1n) is 8.58. The third kappa shape index (κ3) is 4.83. The van der Waals surface area contributed by atoms with Gasteiger partial charge in [0.15, 0.2) is 5.69 Å². The predicted molar refractivity (Wildman–Crippen MR) is 102 cm³/mol. The molecule has 0 bridgehead atoms. The molecule has 0 spiro atoms. The van der Waals surface area contributed by atoms with Gasteiger partial charge in [0.05, 0.1) is 12.2 Å². The highest BCUT2D eigenvalue weighted by molar-refractivity contribution is 5.96. The van der Waals surface area contributed by atoms with Crippen LogP contribution in [0.2, 0.25) is 0 Å². The van der Waals surface area contributed by atoms with Gasteiger partial charge in [-0.05, 0) is 18.6 Å². The molecule has 0 atom stereocenters. The van der Waals surface area contributed by atoms with Crippen molar-refractivity contribution in [2.45, 2.75) is 13.3 Å². The Balaban J connectivity index is 0.00000261. The van der Waals surface area contributed by atoms with E-state index < -0.39 is 0 Å². The zero-order chi connectivity index (χ0) is 18.4. The average Bonchev–Trinajstić information content (AvgIpc) is 2.72. The van der Waals surface area contributed by atoms with Crippen molar-refractivity contribution in [2.75, 3.05) is 37.7 Å². The van der Waals surface area contributed by atoms with Gasteiger partial charge in [0, 0.05) is 44.6 Å². The van der Waals surface area contributed by atoms with Gasteiger partial charge in [-0.2, -0.15) is 10.2 Å². The highest BCUT2D eigenvalue weighted by Gasteiger charge is 2.25. The number of pyridine rings is 1. The molecule has 142 valence electrons. The smallest absolute Gasteiger partial charge is 0.256 e. The van der Waals surface area contributed by atoms with E-state index >= 15 is 0 Å². The summed E-state index contributed by atoms with van der Waals surface area (Å²) in [5.74, 6) is 0.990. The molecule has 2 aromatic heterocycles. The first-order chi connectivity index (χ1) is 12.7. The number of nitriles is 1. The Hall–Kier alpha value is -2.92. The molecule has 0 aromatic carbocycles. The van der Waals surface area contributed by atoms with E-state index in [1.165, 1.54) is 6.20 Å². The number of nitrogens with zero attached hydrogens (tertiary/aromatic N) is 6. The summed E-state index contributed by atoms with van der Waals surface area (Å²) in [6, 6.07) is 7.01. The van der Waals surface area contributed by atoms with Crippen molar-refractivity contribution in [1.29, 1.82) is 5.26 Å². The minimum absolute atomic E-state index is 0. The highest BCUT2D eigenvalue weighted by Crippen LogP contribution is 2.17. The minimum atomic E-state index is -0.171. The van der Waals surface area contributed by atoms with Gasteiger partial charge < -0.3 is 14.5 Å². The molecule has 8 nitrogen and oxygen atoms in total. The van der Waals surface area contributed by atoms with E-state index in [9.17, 15) is 4.79 Å². The number of aromatic nitrogens is 3. The lowest BCUT2D eigenvalue weighted by Gasteiger charge is -2.34. The summed E-state index contributed by atoms with van der Waals surface area (Å²) in [6.45, 7) is 4.95. The van der Waals surface area contributed by atoms with Gasteiger partial charge in [0.1, 0.15) is 6.07 Å². The second-order valence-corrected chi connectivity index (χ2v) is 5.83. The topological polar surface area (TPSA) is 95.2 Å². The van der Waals surface area contributed by atoms with Crippen LogP contribution >= 0.6 is 12.4 Å². The summed E-state index contributed by atoms with van der Waals surface area (Å²) in [5.41, 5.74) is 0.499. The highest BCUT2D eigenvalue weighted by atomic mass is 35.5. The van der Waals surface area contributed by atoms with Gasteiger partial charge in [-0.15, -0.1) is 12.4 Å². The maximum atomic E-state index is 12.7.